The van der Waals surface area contributed by atoms with Crippen molar-refractivity contribution in [1.82, 2.24) is 0 Å². The maximum atomic E-state index is 14.0. The van der Waals surface area contributed by atoms with Crippen LogP contribution in [-0.2, 0) is 6.18 Å². The van der Waals surface area contributed by atoms with Crippen molar-refractivity contribution in [2.45, 2.75) is 13.1 Å². The van der Waals surface area contributed by atoms with Gasteiger partial charge in [0.15, 0.2) is 11.7 Å². The zero-order valence-electron chi connectivity index (χ0n) is 11.0. The molecule has 2 aromatic rings. The van der Waals surface area contributed by atoms with Gasteiger partial charge in [-0.25, -0.2) is 8.78 Å². The number of alkyl halides is 3. The van der Waals surface area contributed by atoms with Crippen LogP contribution in [0.15, 0.2) is 48.5 Å². The Labute approximate surface area is 118 Å². The molecule has 0 bridgehead atoms. The third-order valence-corrected chi connectivity index (χ3v) is 2.96. The summed E-state index contributed by atoms with van der Waals surface area (Å²) in [6, 6.07) is 9.32. The first-order chi connectivity index (χ1) is 9.79. The van der Waals surface area contributed by atoms with E-state index in [-0.39, 0.29) is 11.1 Å². The van der Waals surface area contributed by atoms with Gasteiger partial charge >= 0.3 is 6.18 Å². The van der Waals surface area contributed by atoms with Gasteiger partial charge in [0.1, 0.15) is 0 Å². The van der Waals surface area contributed by atoms with Crippen molar-refractivity contribution in [1.29, 1.82) is 0 Å². The van der Waals surface area contributed by atoms with Crippen LogP contribution in [0.4, 0.5) is 22.0 Å². The molecule has 0 unspecified atom stereocenters. The van der Waals surface area contributed by atoms with Crippen molar-refractivity contribution in [3.05, 3.63) is 70.8 Å². The maximum absolute atomic E-state index is 14.0. The topological polar surface area (TPSA) is 0 Å². The molecule has 0 nitrogen and oxygen atoms in total. The van der Waals surface area contributed by atoms with E-state index in [4.69, 9.17) is 0 Å². The molecule has 0 aromatic heterocycles. The van der Waals surface area contributed by atoms with Crippen LogP contribution in [0.1, 0.15) is 22.3 Å². The highest BCUT2D eigenvalue weighted by molar-refractivity contribution is 5.83. The van der Waals surface area contributed by atoms with E-state index in [9.17, 15) is 22.0 Å². The summed E-state index contributed by atoms with van der Waals surface area (Å²) < 4.78 is 65.1. The summed E-state index contributed by atoms with van der Waals surface area (Å²) in [5, 5.41) is 0. The van der Waals surface area contributed by atoms with Gasteiger partial charge in [-0.05, 0) is 19.1 Å². The fraction of sp³-hybridized carbons (Fsp3) is 0.125. The Morgan fingerprint density at radius 3 is 1.48 bits per heavy atom. The van der Waals surface area contributed by atoms with Crippen molar-refractivity contribution in [3.8, 4) is 0 Å². The highest BCUT2D eigenvalue weighted by Crippen LogP contribution is 2.32. The molecule has 0 saturated carbocycles. The minimum absolute atomic E-state index is 0.0398. The molecule has 2 rings (SSSR count). The molecule has 110 valence electrons. The summed E-state index contributed by atoms with van der Waals surface area (Å²) in [6.45, 7) is 1.80. The number of benzene rings is 2. The second-order valence-electron chi connectivity index (χ2n) is 4.57. The van der Waals surface area contributed by atoms with Crippen LogP contribution in [0.25, 0.3) is 11.7 Å². The minimum atomic E-state index is -4.51. The monoisotopic (exact) mass is 298 g/mol. The fourth-order valence-electron chi connectivity index (χ4n) is 1.76. The Morgan fingerprint density at radius 1 is 0.714 bits per heavy atom. The third-order valence-electron chi connectivity index (χ3n) is 2.96. The highest BCUT2D eigenvalue weighted by atomic mass is 19.4. The minimum Gasteiger partial charge on any atom is -0.203 e. The van der Waals surface area contributed by atoms with E-state index in [0.717, 1.165) is 29.8 Å². The van der Waals surface area contributed by atoms with E-state index in [1.165, 1.54) is 12.1 Å². The van der Waals surface area contributed by atoms with Crippen molar-refractivity contribution in [2.24, 2.45) is 0 Å². The van der Waals surface area contributed by atoms with Crippen LogP contribution in [0.3, 0.4) is 0 Å². The smallest absolute Gasteiger partial charge is 0.203 e. The molecule has 0 aliphatic rings. The van der Waals surface area contributed by atoms with Gasteiger partial charge in [-0.2, -0.15) is 13.2 Å². The fourth-order valence-corrected chi connectivity index (χ4v) is 1.76. The van der Waals surface area contributed by atoms with E-state index >= 15 is 0 Å². The van der Waals surface area contributed by atoms with E-state index in [0.29, 0.717) is 0 Å². The van der Waals surface area contributed by atoms with Gasteiger partial charge in [-0.1, -0.05) is 42.0 Å². The Balaban J connectivity index is 2.36. The van der Waals surface area contributed by atoms with Gasteiger partial charge in [0.2, 0.25) is 0 Å². The zero-order chi connectivity index (χ0) is 15.6. The molecule has 5 heteroatoms. The first-order valence-electron chi connectivity index (χ1n) is 6.09. The summed E-state index contributed by atoms with van der Waals surface area (Å²) in [4.78, 5) is 0. The SMILES string of the molecule is Cc1ccc(C(F)=C(F)c2ccc(C(F)(F)F)cc2)cc1. The van der Waals surface area contributed by atoms with E-state index in [1.54, 1.807) is 19.1 Å². The van der Waals surface area contributed by atoms with Crippen LogP contribution in [0, 0.1) is 6.92 Å². The number of aryl methyl sites for hydroxylation is 1. The predicted octanol–water partition coefficient (Wildman–Crippen LogP) is 5.78. The summed E-state index contributed by atoms with van der Waals surface area (Å²) in [7, 11) is 0. The Hall–Kier alpha value is -2.17. The normalized spacial score (nSPS) is 13.0. The van der Waals surface area contributed by atoms with Crippen LogP contribution in [0.2, 0.25) is 0 Å². The molecule has 0 atom stereocenters. The largest absolute Gasteiger partial charge is 0.416 e. The molecule has 0 N–H and O–H groups in total. The van der Waals surface area contributed by atoms with E-state index in [2.05, 4.69) is 0 Å². The molecule has 0 aliphatic carbocycles. The predicted molar refractivity (Wildman–Crippen MR) is 71.7 cm³/mol. The van der Waals surface area contributed by atoms with Gasteiger partial charge in [-0.15, -0.1) is 0 Å². The van der Waals surface area contributed by atoms with E-state index in [1.807, 2.05) is 0 Å². The van der Waals surface area contributed by atoms with Crippen LogP contribution < -0.4 is 0 Å². The molecular formula is C16H11F5. The number of hydrogen-bond donors (Lipinski definition) is 0. The molecule has 0 amide bonds. The molecule has 0 heterocycles. The van der Waals surface area contributed by atoms with Crippen LogP contribution in [0.5, 0.6) is 0 Å². The lowest BCUT2D eigenvalue weighted by atomic mass is 10.1. The maximum Gasteiger partial charge on any atom is 0.416 e. The first-order valence-corrected chi connectivity index (χ1v) is 6.09. The summed E-state index contributed by atoms with van der Waals surface area (Å²) in [5.41, 5.74) is -0.213. The Bertz CT molecular complexity index is 649. The average molecular weight is 298 g/mol. The van der Waals surface area contributed by atoms with Crippen molar-refractivity contribution >= 4 is 11.7 Å². The first kappa shape index (κ1) is 15.2. The van der Waals surface area contributed by atoms with Gasteiger partial charge in [0, 0.05) is 11.1 Å². The summed E-state index contributed by atoms with van der Waals surface area (Å²) in [6.07, 6.45) is -4.51. The molecule has 0 aliphatic heterocycles. The van der Waals surface area contributed by atoms with Crippen LogP contribution in [-0.4, -0.2) is 0 Å². The lowest BCUT2D eigenvalue weighted by Gasteiger charge is -2.07. The van der Waals surface area contributed by atoms with E-state index < -0.39 is 23.4 Å². The third kappa shape index (κ3) is 3.48. The van der Waals surface area contributed by atoms with Crippen LogP contribution >= 0.6 is 0 Å². The molecule has 0 saturated heterocycles. The summed E-state index contributed by atoms with van der Waals surface area (Å²) in [5.74, 6) is -2.29. The van der Waals surface area contributed by atoms with Gasteiger partial charge < -0.3 is 0 Å². The summed E-state index contributed by atoms with van der Waals surface area (Å²) >= 11 is 0. The molecule has 0 spiro atoms. The van der Waals surface area contributed by atoms with Crippen molar-refractivity contribution in [3.63, 3.8) is 0 Å². The quantitative estimate of drug-likeness (QED) is 0.487. The Morgan fingerprint density at radius 2 is 1.10 bits per heavy atom. The average Bonchev–Trinajstić information content (AvgIpc) is 2.46. The van der Waals surface area contributed by atoms with Crippen molar-refractivity contribution in [2.75, 3.05) is 0 Å². The molecule has 2 aromatic carbocycles. The van der Waals surface area contributed by atoms with Crippen molar-refractivity contribution < 1.29 is 22.0 Å². The standard InChI is InChI=1S/C16H11F5/c1-10-2-4-11(5-3-10)14(17)15(18)12-6-8-13(9-7-12)16(19,20)21/h2-9H,1H3. The molecular weight excluding hydrogens is 287 g/mol. The lowest BCUT2D eigenvalue weighted by Crippen LogP contribution is -2.04. The molecule has 0 radical (unpaired) electrons. The second-order valence-corrected chi connectivity index (χ2v) is 4.57. The lowest BCUT2D eigenvalue weighted by molar-refractivity contribution is -0.137. The molecule has 21 heavy (non-hydrogen) atoms. The highest BCUT2D eigenvalue weighted by Gasteiger charge is 2.30. The number of rotatable bonds is 2. The van der Waals surface area contributed by atoms with Gasteiger partial charge in [0.25, 0.3) is 0 Å². The Kier molecular flexibility index (Phi) is 4.11. The van der Waals surface area contributed by atoms with Gasteiger partial charge in [-0.3, -0.25) is 0 Å². The number of hydrogen-bond acceptors (Lipinski definition) is 0. The number of halogens is 5. The molecule has 0 fully saturated rings. The second kappa shape index (κ2) is 5.68. The van der Waals surface area contributed by atoms with Gasteiger partial charge in [0.05, 0.1) is 5.56 Å². The zero-order valence-corrected chi connectivity index (χ0v) is 11.0.